The number of ether oxygens (including phenoxy) is 1. The van der Waals surface area contributed by atoms with E-state index in [9.17, 15) is 15.0 Å². The normalized spacial score (nSPS) is 14.8. The highest BCUT2D eigenvalue weighted by Gasteiger charge is 2.27. The number of nitrogens with one attached hydrogen (secondary N) is 1. The first-order chi connectivity index (χ1) is 6.66. The van der Waals surface area contributed by atoms with Crippen LogP contribution >= 0.6 is 0 Å². The fraction of sp³-hybridized carbons (Fsp3) is 0.444. The Balaban J connectivity index is 2.61. The number of aliphatic hydroxyl groups excluding tert-OH is 2. The standard InChI is InChI=1S/C9H13NO4/c1-2-14-9(13)8(12)7(11)6-4-3-5-10-6/h3-5,7-8,10-12H,2H2,1H3. The molecule has 1 aromatic rings. The molecule has 5 nitrogen and oxygen atoms in total. The van der Waals surface area contributed by atoms with Gasteiger partial charge in [-0.2, -0.15) is 0 Å². The predicted molar refractivity (Wildman–Crippen MR) is 48.4 cm³/mol. The lowest BCUT2D eigenvalue weighted by atomic mass is 10.1. The molecule has 2 atom stereocenters. The number of H-pyrrole nitrogens is 1. The fourth-order valence-electron chi connectivity index (χ4n) is 1.05. The number of esters is 1. The molecule has 1 rings (SSSR count). The molecule has 0 aromatic carbocycles. The third kappa shape index (κ3) is 2.34. The third-order valence-corrected chi connectivity index (χ3v) is 1.77. The molecule has 78 valence electrons. The van der Waals surface area contributed by atoms with Crippen LogP contribution in [-0.2, 0) is 9.53 Å². The average molecular weight is 199 g/mol. The lowest BCUT2D eigenvalue weighted by Gasteiger charge is -2.14. The van der Waals surface area contributed by atoms with E-state index in [1.54, 1.807) is 25.3 Å². The largest absolute Gasteiger partial charge is 0.464 e. The zero-order valence-electron chi connectivity index (χ0n) is 7.80. The number of carbonyl (C=O) groups excluding carboxylic acids is 1. The highest BCUT2D eigenvalue weighted by molar-refractivity contribution is 5.75. The Bertz CT molecular complexity index is 283. The minimum atomic E-state index is -1.55. The molecule has 14 heavy (non-hydrogen) atoms. The van der Waals surface area contributed by atoms with Gasteiger partial charge in [-0.25, -0.2) is 4.79 Å². The number of hydrogen-bond donors (Lipinski definition) is 3. The van der Waals surface area contributed by atoms with Gasteiger partial charge in [-0.3, -0.25) is 0 Å². The monoisotopic (exact) mass is 199 g/mol. The molecule has 1 aromatic heterocycles. The van der Waals surface area contributed by atoms with E-state index in [1.807, 2.05) is 0 Å². The SMILES string of the molecule is CCOC(=O)C(O)C(O)c1ccc[nH]1. The molecule has 1 heterocycles. The summed E-state index contributed by atoms with van der Waals surface area (Å²) < 4.78 is 4.56. The number of aromatic nitrogens is 1. The highest BCUT2D eigenvalue weighted by Crippen LogP contribution is 2.15. The number of rotatable bonds is 4. The van der Waals surface area contributed by atoms with Gasteiger partial charge in [0.1, 0.15) is 6.10 Å². The summed E-state index contributed by atoms with van der Waals surface area (Å²) >= 11 is 0. The van der Waals surface area contributed by atoms with Crippen LogP contribution < -0.4 is 0 Å². The molecule has 0 saturated heterocycles. The van der Waals surface area contributed by atoms with Gasteiger partial charge in [-0.1, -0.05) is 0 Å². The quantitative estimate of drug-likeness (QED) is 0.595. The van der Waals surface area contributed by atoms with E-state index in [-0.39, 0.29) is 6.61 Å². The maximum Gasteiger partial charge on any atom is 0.338 e. The molecule has 0 bridgehead atoms. The first-order valence-corrected chi connectivity index (χ1v) is 4.33. The van der Waals surface area contributed by atoms with Gasteiger partial charge in [-0.15, -0.1) is 0 Å². The summed E-state index contributed by atoms with van der Waals surface area (Å²) in [6.45, 7) is 1.80. The van der Waals surface area contributed by atoms with Gasteiger partial charge in [0.15, 0.2) is 6.10 Å². The fourth-order valence-corrected chi connectivity index (χ4v) is 1.05. The summed E-state index contributed by atoms with van der Waals surface area (Å²) in [7, 11) is 0. The summed E-state index contributed by atoms with van der Waals surface area (Å²) in [6, 6.07) is 3.24. The lowest BCUT2D eigenvalue weighted by molar-refractivity contribution is -0.159. The predicted octanol–water partition coefficient (Wildman–Crippen LogP) is -0.0279. The van der Waals surface area contributed by atoms with Crippen molar-refractivity contribution < 1.29 is 19.7 Å². The molecule has 3 N–H and O–H groups in total. The second-order valence-electron chi connectivity index (χ2n) is 2.77. The molecule has 0 amide bonds. The summed E-state index contributed by atoms with van der Waals surface area (Å²) in [5.74, 6) is -0.824. The van der Waals surface area contributed by atoms with Gasteiger partial charge in [-0.05, 0) is 19.1 Å². The maximum atomic E-state index is 11.0. The van der Waals surface area contributed by atoms with E-state index in [4.69, 9.17) is 0 Å². The van der Waals surface area contributed by atoms with E-state index in [1.165, 1.54) is 0 Å². The van der Waals surface area contributed by atoms with Crippen LogP contribution in [0.25, 0.3) is 0 Å². The van der Waals surface area contributed by atoms with Crippen LogP contribution in [-0.4, -0.2) is 33.9 Å². The molecule has 2 unspecified atom stereocenters. The van der Waals surface area contributed by atoms with Gasteiger partial charge in [0.25, 0.3) is 0 Å². The molecule has 0 saturated carbocycles. The van der Waals surface area contributed by atoms with Gasteiger partial charge >= 0.3 is 5.97 Å². The Morgan fingerprint density at radius 3 is 2.86 bits per heavy atom. The van der Waals surface area contributed by atoms with Crippen LogP contribution in [0.2, 0.25) is 0 Å². The average Bonchev–Trinajstić information content (AvgIpc) is 2.68. The first kappa shape index (κ1) is 10.7. The summed E-state index contributed by atoms with van der Waals surface area (Å²) in [4.78, 5) is 13.7. The van der Waals surface area contributed by atoms with Gasteiger partial charge in [0.2, 0.25) is 0 Å². The van der Waals surface area contributed by atoms with Crippen molar-refractivity contribution in [1.82, 2.24) is 4.98 Å². The Morgan fingerprint density at radius 2 is 2.36 bits per heavy atom. The number of aliphatic hydroxyl groups is 2. The zero-order valence-corrected chi connectivity index (χ0v) is 7.80. The Kier molecular flexibility index (Phi) is 3.67. The highest BCUT2D eigenvalue weighted by atomic mass is 16.5. The maximum absolute atomic E-state index is 11.0. The van der Waals surface area contributed by atoms with Crippen LogP contribution in [0.15, 0.2) is 18.3 Å². The summed E-state index contributed by atoms with van der Waals surface area (Å²) in [5, 5.41) is 18.8. The molecule has 0 aliphatic heterocycles. The van der Waals surface area contributed by atoms with E-state index in [0.29, 0.717) is 5.69 Å². The van der Waals surface area contributed by atoms with Crippen molar-refractivity contribution in [3.8, 4) is 0 Å². The van der Waals surface area contributed by atoms with Crippen molar-refractivity contribution >= 4 is 5.97 Å². The van der Waals surface area contributed by atoms with Gasteiger partial charge < -0.3 is 19.9 Å². The van der Waals surface area contributed by atoms with Gasteiger partial charge in [0.05, 0.1) is 6.61 Å². The van der Waals surface area contributed by atoms with E-state index in [0.717, 1.165) is 0 Å². The van der Waals surface area contributed by atoms with Crippen LogP contribution in [0.3, 0.4) is 0 Å². The molecular weight excluding hydrogens is 186 g/mol. The minimum absolute atomic E-state index is 0.174. The second kappa shape index (κ2) is 4.78. The first-order valence-electron chi connectivity index (χ1n) is 4.33. The molecular formula is C9H13NO4. The molecule has 0 spiro atoms. The van der Waals surface area contributed by atoms with Crippen LogP contribution in [0.1, 0.15) is 18.7 Å². The van der Waals surface area contributed by atoms with Crippen molar-refractivity contribution in [2.75, 3.05) is 6.61 Å². The van der Waals surface area contributed by atoms with Gasteiger partial charge in [0, 0.05) is 11.9 Å². The smallest absolute Gasteiger partial charge is 0.338 e. The molecule has 0 radical (unpaired) electrons. The molecule has 0 aliphatic rings. The van der Waals surface area contributed by atoms with Crippen molar-refractivity contribution in [2.45, 2.75) is 19.1 Å². The number of carbonyl (C=O) groups is 1. The Labute approximate surface area is 81.3 Å². The van der Waals surface area contributed by atoms with E-state index < -0.39 is 18.2 Å². The zero-order chi connectivity index (χ0) is 10.6. The van der Waals surface area contributed by atoms with Crippen molar-refractivity contribution in [2.24, 2.45) is 0 Å². The molecule has 5 heteroatoms. The van der Waals surface area contributed by atoms with Crippen molar-refractivity contribution in [3.05, 3.63) is 24.0 Å². The van der Waals surface area contributed by atoms with E-state index >= 15 is 0 Å². The molecule has 0 aliphatic carbocycles. The number of aromatic amines is 1. The Hall–Kier alpha value is -1.33. The minimum Gasteiger partial charge on any atom is -0.464 e. The topological polar surface area (TPSA) is 82.6 Å². The Morgan fingerprint density at radius 1 is 1.64 bits per heavy atom. The van der Waals surface area contributed by atoms with Crippen LogP contribution in [0.5, 0.6) is 0 Å². The summed E-state index contributed by atoms with van der Waals surface area (Å²) in [5.41, 5.74) is 0.380. The van der Waals surface area contributed by atoms with E-state index in [2.05, 4.69) is 9.72 Å². The van der Waals surface area contributed by atoms with Crippen molar-refractivity contribution in [1.29, 1.82) is 0 Å². The summed E-state index contributed by atoms with van der Waals surface area (Å²) in [6.07, 6.45) is -1.23. The van der Waals surface area contributed by atoms with Crippen molar-refractivity contribution in [3.63, 3.8) is 0 Å². The third-order valence-electron chi connectivity index (χ3n) is 1.77. The lowest BCUT2D eigenvalue weighted by Crippen LogP contribution is -2.30. The molecule has 0 fully saturated rings. The second-order valence-corrected chi connectivity index (χ2v) is 2.77. The van der Waals surface area contributed by atoms with Crippen LogP contribution in [0.4, 0.5) is 0 Å². The number of hydrogen-bond acceptors (Lipinski definition) is 4. The van der Waals surface area contributed by atoms with Crippen LogP contribution in [0, 0.1) is 0 Å².